The number of hydrogen-bond donors (Lipinski definition) is 1. The molecule has 3 heterocycles. The van der Waals surface area contributed by atoms with Gasteiger partial charge in [-0.25, -0.2) is 4.98 Å². The monoisotopic (exact) mass is 437 g/mol. The number of carbonyl (C=O) groups excluding carboxylic acids is 1. The van der Waals surface area contributed by atoms with Crippen molar-refractivity contribution in [1.82, 2.24) is 9.97 Å². The molecule has 0 bridgehead atoms. The Bertz CT molecular complexity index is 1210. The topological polar surface area (TPSA) is 69.7 Å². The Kier molecular flexibility index (Phi) is 6.20. The van der Waals surface area contributed by atoms with E-state index in [2.05, 4.69) is 0 Å². The maximum absolute atomic E-state index is 12.4. The van der Waals surface area contributed by atoms with Crippen molar-refractivity contribution in [2.45, 2.75) is 19.8 Å². The minimum absolute atomic E-state index is 0. The lowest BCUT2D eigenvalue weighted by Crippen LogP contribution is -3.09. The fourth-order valence-corrected chi connectivity index (χ4v) is 4.29. The Morgan fingerprint density at radius 3 is 2.71 bits per heavy atom. The van der Waals surface area contributed by atoms with E-state index in [4.69, 9.17) is 19.1 Å². The molecule has 0 aliphatic carbocycles. The number of rotatable bonds is 4. The average molecular weight is 438 g/mol. The van der Waals surface area contributed by atoms with Gasteiger partial charge in [-0.2, -0.15) is 4.98 Å². The van der Waals surface area contributed by atoms with E-state index in [0.717, 1.165) is 52.2 Å². The average Bonchev–Trinajstić information content (AvgIpc) is 3.18. The number of fused-ring (bicyclic) bond motifs is 3. The maximum Gasteiger partial charge on any atom is 0.314 e. The Hall–Kier alpha value is -2.96. The molecule has 1 aliphatic heterocycles. The van der Waals surface area contributed by atoms with Gasteiger partial charge in [-0.05, 0) is 31.9 Å². The Labute approximate surface area is 186 Å². The molecule has 5 rings (SSSR count). The summed E-state index contributed by atoms with van der Waals surface area (Å²) in [4.78, 5) is 23.3. The first-order chi connectivity index (χ1) is 14.7. The van der Waals surface area contributed by atoms with Gasteiger partial charge >= 0.3 is 5.97 Å². The highest BCUT2D eigenvalue weighted by molar-refractivity contribution is 6.05. The Balaban J connectivity index is 0.00000231. The molecule has 6 nitrogen and oxygen atoms in total. The molecule has 0 saturated carbocycles. The number of para-hydroxylation sites is 1. The van der Waals surface area contributed by atoms with Crippen LogP contribution in [-0.4, -0.2) is 35.6 Å². The summed E-state index contributed by atoms with van der Waals surface area (Å²) in [6.07, 6.45) is 1.79. The lowest BCUT2D eigenvalue weighted by atomic mass is 9.98. The highest BCUT2D eigenvalue weighted by atomic mass is 35.5. The molecule has 1 N–H and O–H groups in total. The van der Waals surface area contributed by atoms with Gasteiger partial charge in [0.05, 0.1) is 19.7 Å². The van der Waals surface area contributed by atoms with Crippen LogP contribution in [-0.2, 0) is 9.53 Å². The zero-order valence-electron chi connectivity index (χ0n) is 17.3. The fourth-order valence-electron chi connectivity index (χ4n) is 4.29. The summed E-state index contributed by atoms with van der Waals surface area (Å²) in [6.45, 7) is 3.80. The summed E-state index contributed by atoms with van der Waals surface area (Å²) in [7, 11) is 0. The zero-order valence-corrected chi connectivity index (χ0v) is 18.1. The number of esters is 1. The SMILES string of the molecule is CCOC(=O)C1CCC[NH+](c2nc(-c3ccccc3)nc3c2oc2ccccc23)C1.[Cl-]. The van der Waals surface area contributed by atoms with Crippen molar-refractivity contribution in [3.8, 4) is 11.4 Å². The van der Waals surface area contributed by atoms with E-state index in [0.29, 0.717) is 24.6 Å². The van der Waals surface area contributed by atoms with Gasteiger partial charge in [0, 0.05) is 10.9 Å². The first kappa shape index (κ1) is 21.3. The molecule has 160 valence electrons. The van der Waals surface area contributed by atoms with Crippen molar-refractivity contribution in [3.05, 3.63) is 54.6 Å². The second-order valence-corrected chi connectivity index (χ2v) is 7.69. The normalized spacial score (nSPS) is 18.6. The molecule has 2 aromatic carbocycles. The van der Waals surface area contributed by atoms with E-state index >= 15 is 0 Å². The van der Waals surface area contributed by atoms with Crippen LogP contribution in [0.5, 0.6) is 0 Å². The fraction of sp³-hybridized carbons (Fsp3) is 0.292. The molecule has 0 radical (unpaired) electrons. The van der Waals surface area contributed by atoms with Crippen LogP contribution >= 0.6 is 0 Å². The molecule has 0 amide bonds. The predicted octanol–water partition coefficient (Wildman–Crippen LogP) is 0.537. The summed E-state index contributed by atoms with van der Waals surface area (Å²) in [6, 6.07) is 17.9. The van der Waals surface area contributed by atoms with Crippen LogP contribution < -0.4 is 17.3 Å². The molecule has 2 aromatic heterocycles. The third-order valence-corrected chi connectivity index (χ3v) is 5.73. The number of halogens is 1. The number of nitrogens with zero attached hydrogens (tertiary/aromatic N) is 2. The van der Waals surface area contributed by atoms with Gasteiger partial charge < -0.3 is 21.6 Å². The minimum Gasteiger partial charge on any atom is -1.00 e. The van der Waals surface area contributed by atoms with Crippen molar-refractivity contribution in [3.63, 3.8) is 0 Å². The third kappa shape index (κ3) is 4.01. The smallest absolute Gasteiger partial charge is 0.314 e. The molecule has 31 heavy (non-hydrogen) atoms. The molecule has 1 aliphatic rings. The summed E-state index contributed by atoms with van der Waals surface area (Å²) >= 11 is 0. The van der Waals surface area contributed by atoms with E-state index in [9.17, 15) is 4.79 Å². The van der Waals surface area contributed by atoms with E-state index in [1.54, 1.807) is 0 Å². The molecule has 4 aromatic rings. The van der Waals surface area contributed by atoms with Crippen molar-refractivity contribution in [2.75, 3.05) is 19.7 Å². The van der Waals surface area contributed by atoms with Crippen molar-refractivity contribution < 1.29 is 31.3 Å². The lowest BCUT2D eigenvalue weighted by molar-refractivity contribution is -0.843. The molecule has 2 atom stereocenters. The summed E-state index contributed by atoms with van der Waals surface area (Å²) in [5.74, 6) is 1.26. The van der Waals surface area contributed by atoms with Crippen LogP contribution in [0.2, 0.25) is 0 Å². The number of carbonyl (C=O) groups is 1. The molecule has 7 heteroatoms. The zero-order chi connectivity index (χ0) is 20.5. The van der Waals surface area contributed by atoms with Gasteiger partial charge in [0.15, 0.2) is 5.82 Å². The van der Waals surface area contributed by atoms with Crippen LogP contribution in [0, 0.1) is 5.92 Å². The van der Waals surface area contributed by atoms with Gasteiger partial charge in [-0.15, -0.1) is 0 Å². The van der Waals surface area contributed by atoms with Gasteiger partial charge in [0.25, 0.3) is 5.82 Å². The number of ether oxygens (including phenoxy) is 1. The number of hydrogen-bond acceptors (Lipinski definition) is 5. The van der Waals surface area contributed by atoms with Gasteiger partial charge in [-0.1, -0.05) is 42.5 Å². The summed E-state index contributed by atoms with van der Waals surface area (Å²) < 4.78 is 11.5. The Morgan fingerprint density at radius 2 is 1.90 bits per heavy atom. The lowest BCUT2D eigenvalue weighted by Gasteiger charge is -2.27. The number of aromatic nitrogens is 2. The van der Waals surface area contributed by atoms with E-state index in [1.807, 2.05) is 61.5 Å². The highest BCUT2D eigenvalue weighted by Gasteiger charge is 2.34. The first-order valence-electron chi connectivity index (χ1n) is 10.5. The molecule has 2 unspecified atom stereocenters. The quantitative estimate of drug-likeness (QED) is 0.472. The standard InChI is InChI=1S/C24H23N3O3.ClH/c1-2-29-24(28)17-11-8-14-27(15-17)23-21-20(18-12-6-7-13-19(18)30-21)25-22(26-23)16-9-4-3-5-10-16;/h3-7,9-10,12-13,17H,2,8,11,14-15H2,1H3;1H. The van der Waals surface area contributed by atoms with E-state index in [-0.39, 0.29) is 24.3 Å². The Morgan fingerprint density at radius 1 is 1.13 bits per heavy atom. The predicted molar refractivity (Wildman–Crippen MR) is 114 cm³/mol. The number of furan rings is 1. The molecular formula is C24H24ClN3O3. The van der Waals surface area contributed by atoms with Gasteiger partial charge in [0.2, 0.25) is 5.58 Å². The summed E-state index contributed by atoms with van der Waals surface area (Å²) in [5, 5.41) is 0.978. The number of benzene rings is 2. The van der Waals surface area contributed by atoms with Crippen LogP contribution in [0.1, 0.15) is 19.8 Å². The van der Waals surface area contributed by atoms with Gasteiger partial charge in [-0.3, -0.25) is 9.69 Å². The van der Waals surface area contributed by atoms with Crippen LogP contribution in [0.4, 0.5) is 5.82 Å². The van der Waals surface area contributed by atoms with Gasteiger partial charge in [0.1, 0.15) is 17.0 Å². The molecule has 1 fully saturated rings. The van der Waals surface area contributed by atoms with Crippen LogP contribution in [0.25, 0.3) is 33.5 Å². The number of piperidine rings is 1. The van der Waals surface area contributed by atoms with Crippen molar-refractivity contribution in [1.29, 1.82) is 0 Å². The molecule has 1 saturated heterocycles. The summed E-state index contributed by atoms with van der Waals surface area (Å²) in [5.41, 5.74) is 3.28. The third-order valence-electron chi connectivity index (χ3n) is 5.73. The minimum atomic E-state index is -0.122. The van der Waals surface area contributed by atoms with Crippen LogP contribution in [0.15, 0.2) is 59.0 Å². The van der Waals surface area contributed by atoms with Crippen molar-refractivity contribution in [2.24, 2.45) is 5.92 Å². The second-order valence-electron chi connectivity index (χ2n) is 7.69. The second kappa shape index (κ2) is 9.04. The number of quaternary nitrogens is 1. The van der Waals surface area contributed by atoms with E-state index < -0.39 is 0 Å². The number of nitrogens with one attached hydrogen (secondary N) is 1. The van der Waals surface area contributed by atoms with E-state index in [1.165, 1.54) is 0 Å². The largest absolute Gasteiger partial charge is 1.00 e. The maximum atomic E-state index is 12.4. The first-order valence-corrected chi connectivity index (χ1v) is 10.5. The highest BCUT2D eigenvalue weighted by Crippen LogP contribution is 2.32. The van der Waals surface area contributed by atoms with Crippen molar-refractivity contribution >= 4 is 33.9 Å². The molecular weight excluding hydrogens is 414 g/mol. The molecule has 0 spiro atoms. The van der Waals surface area contributed by atoms with Crippen LogP contribution in [0.3, 0.4) is 0 Å².